The van der Waals surface area contributed by atoms with E-state index in [1.54, 1.807) is 5.38 Å². The summed E-state index contributed by atoms with van der Waals surface area (Å²) in [6, 6.07) is 1.86. The first kappa shape index (κ1) is 35.8. The number of carbonyl (C=O) groups is 1. The number of piperidine rings is 1. The van der Waals surface area contributed by atoms with Crippen LogP contribution in [0.15, 0.2) is 29.5 Å². The Morgan fingerprint density at radius 3 is 2.74 bits per heavy atom. The first-order valence-electron chi connectivity index (χ1n) is 17.1. The number of alkyl halides is 4. The molecule has 4 aliphatic rings. The molecule has 4 saturated heterocycles. The molecular formula is C35H33ClF6N8O2S. The summed E-state index contributed by atoms with van der Waals surface area (Å²) in [6.45, 7) is 3.12. The third-order valence-electron chi connectivity index (χ3n) is 10.8. The zero-order chi connectivity index (χ0) is 37.4. The van der Waals surface area contributed by atoms with Crippen molar-refractivity contribution in [2.24, 2.45) is 5.92 Å². The lowest BCUT2D eigenvalue weighted by molar-refractivity contribution is -0.141. The number of benzene rings is 1. The molecule has 0 bridgehead atoms. The summed E-state index contributed by atoms with van der Waals surface area (Å²) in [6.07, 6.45) is -1.10. The van der Waals surface area contributed by atoms with E-state index in [2.05, 4.69) is 19.9 Å². The standard InChI is InChI=1S/C35H33ClF6N8O2S/c1-17-9-24(43)45-30(27(17)35(40,41)42)26-21(36)10-20-29(28(26)39)46-33(52-16-34-4-2-6-49(34)15-19(37)12-34)47-31(20)48-7-3-23-18(13-48)14-50(23)32(51)22(38)11-25-44-5-8-53-25/h5,8-11,18-19,23H,2-4,6-7,12-16H2,1H3,(H2,43,45)/b22-11-. The number of amides is 1. The van der Waals surface area contributed by atoms with Crippen LogP contribution in [0.2, 0.25) is 5.02 Å². The monoisotopic (exact) mass is 778 g/mol. The van der Waals surface area contributed by atoms with Gasteiger partial charge in [0.2, 0.25) is 0 Å². The Bertz CT molecular complexity index is 2140. The fourth-order valence-electron chi connectivity index (χ4n) is 8.47. The van der Waals surface area contributed by atoms with Crippen molar-refractivity contribution >= 4 is 57.5 Å². The minimum Gasteiger partial charge on any atom is -0.461 e. The fraction of sp³-hybridized carbons (Fsp3) is 0.457. The molecule has 3 aromatic heterocycles. The van der Waals surface area contributed by atoms with Crippen molar-refractivity contribution in [2.75, 3.05) is 50.0 Å². The number of aromatic nitrogens is 4. The first-order chi connectivity index (χ1) is 25.2. The summed E-state index contributed by atoms with van der Waals surface area (Å²) in [4.78, 5) is 35.2. The van der Waals surface area contributed by atoms with Gasteiger partial charge in [0, 0.05) is 67.6 Å². The predicted molar refractivity (Wildman–Crippen MR) is 187 cm³/mol. The molecule has 4 atom stereocenters. The number of hydrogen-bond donors (Lipinski definition) is 1. The van der Waals surface area contributed by atoms with Gasteiger partial charge in [0.25, 0.3) is 5.91 Å². The molecule has 0 spiro atoms. The number of rotatable bonds is 7. The van der Waals surface area contributed by atoms with Gasteiger partial charge in [-0.3, -0.25) is 9.69 Å². The first-order valence-corrected chi connectivity index (χ1v) is 18.4. The molecule has 0 saturated carbocycles. The second-order valence-corrected chi connectivity index (χ2v) is 15.4. The normalized spacial score (nSPS) is 24.8. The van der Waals surface area contributed by atoms with Gasteiger partial charge >= 0.3 is 12.2 Å². The molecule has 2 N–H and O–H groups in total. The fourth-order valence-corrected chi connectivity index (χ4v) is 9.30. The van der Waals surface area contributed by atoms with Crippen LogP contribution in [0, 0.1) is 18.7 Å². The van der Waals surface area contributed by atoms with Gasteiger partial charge in [-0.1, -0.05) is 11.6 Å². The number of ether oxygens (including phenoxy) is 1. The SMILES string of the molecule is Cc1cc(N)nc(-c2c(Cl)cc3c(N4CCC5C(C4)CN5C(=O)/C(F)=C/c4nccs4)nc(OCC45CCCN4CC(F)C5)nc3c2F)c1C(F)(F)F. The van der Waals surface area contributed by atoms with Gasteiger partial charge in [0.05, 0.1) is 27.4 Å². The third-order valence-corrected chi connectivity index (χ3v) is 11.8. The number of nitrogens with zero attached hydrogens (tertiary/aromatic N) is 7. The highest BCUT2D eigenvalue weighted by Gasteiger charge is 2.50. The van der Waals surface area contributed by atoms with Crippen molar-refractivity contribution in [3.05, 3.63) is 56.5 Å². The maximum atomic E-state index is 16.8. The van der Waals surface area contributed by atoms with E-state index in [-0.39, 0.29) is 77.2 Å². The van der Waals surface area contributed by atoms with Gasteiger partial charge in [0.1, 0.15) is 34.9 Å². The Kier molecular flexibility index (Phi) is 8.96. The number of aryl methyl sites for hydroxylation is 1. The number of carbonyl (C=O) groups excluding carboxylic acids is 1. The molecular weight excluding hydrogens is 746 g/mol. The van der Waals surface area contributed by atoms with E-state index in [4.69, 9.17) is 22.1 Å². The van der Waals surface area contributed by atoms with Gasteiger partial charge in [-0.25, -0.2) is 23.1 Å². The molecule has 53 heavy (non-hydrogen) atoms. The van der Waals surface area contributed by atoms with E-state index < -0.39 is 52.3 Å². The second-order valence-electron chi connectivity index (χ2n) is 14.1. The summed E-state index contributed by atoms with van der Waals surface area (Å²) in [5.74, 6) is -2.94. The molecule has 4 unspecified atom stereocenters. The van der Waals surface area contributed by atoms with Crippen molar-refractivity contribution in [3.63, 3.8) is 0 Å². The van der Waals surface area contributed by atoms with E-state index in [1.807, 2.05) is 9.80 Å². The van der Waals surface area contributed by atoms with Gasteiger partial charge in [0.15, 0.2) is 11.6 Å². The van der Waals surface area contributed by atoms with Crippen molar-refractivity contribution in [2.45, 2.75) is 56.5 Å². The number of fused-ring (bicyclic) bond motifs is 3. The predicted octanol–water partition coefficient (Wildman–Crippen LogP) is 6.85. The van der Waals surface area contributed by atoms with Crippen LogP contribution in [0.1, 0.15) is 41.8 Å². The summed E-state index contributed by atoms with van der Waals surface area (Å²) < 4.78 is 95.4. The highest BCUT2D eigenvalue weighted by Crippen LogP contribution is 2.46. The minimum atomic E-state index is -4.92. The summed E-state index contributed by atoms with van der Waals surface area (Å²) in [7, 11) is 0. The number of nitrogens with two attached hydrogens (primary N) is 1. The van der Waals surface area contributed by atoms with E-state index in [0.29, 0.717) is 37.5 Å². The highest BCUT2D eigenvalue weighted by atomic mass is 35.5. The molecule has 4 aliphatic heterocycles. The highest BCUT2D eigenvalue weighted by molar-refractivity contribution is 7.10. The van der Waals surface area contributed by atoms with Gasteiger partial charge in [-0.15, -0.1) is 11.3 Å². The molecule has 280 valence electrons. The summed E-state index contributed by atoms with van der Waals surface area (Å²) >= 11 is 7.82. The van der Waals surface area contributed by atoms with Crippen LogP contribution >= 0.6 is 22.9 Å². The van der Waals surface area contributed by atoms with Crippen molar-refractivity contribution in [1.29, 1.82) is 0 Å². The number of hydrogen-bond acceptors (Lipinski definition) is 10. The average Bonchev–Trinajstić information content (AvgIpc) is 3.80. The lowest BCUT2D eigenvalue weighted by Crippen LogP contribution is -2.65. The number of halogens is 7. The number of nitrogen functional groups attached to an aromatic ring is 1. The Labute approximate surface area is 308 Å². The Morgan fingerprint density at radius 2 is 2.00 bits per heavy atom. The van der Waals surface area contributed by atoms with Gasteiger partial charge in [-0.05, 0) is 50.4 Å². The van der Waals surface area contributed by atoms with E-state index >= 15 is 4.39 Å². The zero-order valence-electron chi connectivity index (χ0n) is 28.3. The summed E-state index contributed by atoms with van der Waals surface area (Å²) in [5.41, 5.74) is 2.04. The molecule has 1 amide bonds. The summed E-state index contributed by atoms with van der Waals surface area (Å²) in [5, 5.41) is 1.80. The average molecular weight is 779 g/mol. The number of thiazole rings is 1. The van der Waals surface area contributed by atoms with E-state index in [9.17, 15) is 26.7 Å². The maximum absolute atomic E-state index is 16.8. The molecule has 7 heterocycles. The lowest BCUT2D eigenvalue weighted by atomic mass is 9.82. The molecule has 0 radical (unpaired) electrons. The Balaban J connectivity index is 1.16. The molecule has 8 rings (SSSR count). The third kappa shape index (κ3) is 6.33. The number of pyridine rings is 1. The van der Waals surface area contributed by atoms with Gasteiger partial charge < -0.3 is 20.3 Å². The molecule has 4 fully saturated rings. The molecule has 0 aliphatic carbocycles. The van der Waals surface area contributed by atoms with Crippen molar-refractivity contribution in [3.8, 4) is 17.3 Å². The molecule has 10 nitrogen and oxygen atoms in total. The van der Waals surface area contributed by atoms with Crippen LogP contribution in [-0.4, -0.2) is 92.7 Å². The van der Waals surface area contributed by atoms with Crippen molar-refractivity contribution in [1.82, 2.24) is 29.7 Å². The van der Waals surface area contributed by atoms with Crippen LogP contribution < -0.4 is 15.4 Å². The minimum absolute atomic E-state index is 0.0243. The lowest BCUT2D eigenvalue weighted by Gasteiger charge is -2.53. The van der Waals surface area contributed by atoms with Crippen LogP contribution in [0.25, 0.3) is 28.2 Å². The van der Waals surface area contributed by atoms with Crippen LogP contribution in [0.3, 0.4) is 0 Å². The van der Waals surface area contributed by atoms with E-state index in [1.165, 1.54) is 35.4 Å². The largest absolute Gasteiger partial charge is 0.461 e. The van der Waals surface area contributed by atoms with E-state index in [0.717, 1.165) is 18.6 Å². The van der Waals surface area contributed by atoms with Crippen LogP contribution in [0.5, 0.6) is 6.01 Å². The molecule has 4 aromatic rings. The zero-order valence-corrected chi connectivity index (χ0v) is 29.8. The topological polar surface area (TPSA) is 114 Å². The second kappa shape index (κ2) is 13.3. The molecule has 1 aromatic carbocycles. The Morgan fingerprint density at radius 1 is 1.19 bits per heavy atom. The van der Waals surface area contributed by atoms with Crippen molar-refractivity contribution < 1.29 is 35.9 Å². The smallest absolute Gasteiger partial charge is 0.418 e. The quantitative estimate of drug-likeness (QED) is 0.159. The van der Waals surface area contributed by atoms with Crippen LogP contribution in [0.4, 0.5) is 38.0 Å². The Hall–Kier alpha value is -4.22. The number of anilines is 2. The van der Waals surface area contributed by atoms with Gasteiger partial charge in [-0.2, -0.15) is 23.1 Å². The van der Waals surface area contributed by atoms with Crippen LogP contribution in [-0.2, 0) is 11.0 Å². The molecule has 18 heteroatoms. The number of likely N-dealkylation sites (tertiary alicyclic amines) is 1. The maximum Gasteiger partial charge on any atom is 0.418 e.